The number of pyridine rings is 2. The quantitative estimate of drug-likeness (QED) is 0.0642. The van der Waals surface area contributed by atoms with Crippen LogP contribution in [-0.4, -0.2) is 56.4 Å². The second kappa shape index (κ2) is 14.3. The number of benzene rings is 4. The molecule has 6 aromatic rings. The molecule has 0 aliphatic heterocycles. The summed E-state index contributed by atoms with van der Waals surface area (Å²) in [7, 11) is -8.38. The van der Waals surface area contributed by atoms with Gasteiger partial charge in [-0.05, 0) is 66.9 Å². The Morgan fingerprint density at radius 1 is 0.667 bits per heavy atom. The lowest BCUT2D eigenvalue weighted by Gasteiger charge is -2.28. The van der Waals surface area contributed by atoms with Crippen molar-refractivity contribution in [2.24, 2.45) is 0 Å². The van der Waals surface area contributed by atoms with E-state index in [-0.39, 0.29) is 22.6 Å². The zero-order chi connectivity index (χ0) is 39.2. The summed E-state index contributed by atoms with van der Waals surface area (Å²) < 4.78 is 6.29. The van der Waals surface area contributed by atoms with Gasteiger partial charge in [0.05, 0.1) is 8.07 Å². The predicted molar refractivity (Wildman–Crippen MR) is 221 cm³/mol. The van der Waals surface area contributed by atoms with Gasteiger partial charge in [0, 0.05) is 62.9 Å². The second-order valence-electron chi connectivity index (χ2n) is 15.2. The van der Waals surface area contributed by atoms with E-state index in [1.54, 1.807) is 79.8 Å². The molecule has 0 atom stereocenters. The molecule has 0 aliphatic carbocycles. The highest BCUT2D eigenvalue weighted by Crippen LogP contribution is 2.25. The lowest BCUT2D eigenvalue weighted by molar-refractivity contribution is -0.108. The fourth-order valence-electron chi connectivity index (χ4n) is 6.22. The number of phenolic OH excluding ortho intramolecular Hbond substituents is 1. The van der Waals surface area contributed by atoms with Gasteiger partial charge in [0.25, 0.3) is 20.1 Å². The molecule has 0 aliphatic rings. The maximum atomic E-state index is 13.6. The van der Waals surface area contributed by atoms with Crippen LogP contribution in [0.25, 0.3) is 21.8 Å². The van der Waals surface area contributed by atoms with Gasteiger partial charge in [0.15, 0.2) is 5.75 Å². The Morgan fingerprint density at radius 2 is 1.20 bits per heavy atom. The van der Waals surface area contributed by atoms with E-state index < -0.39 is 47.4 Å². The topological polar surface area (TPSA) is 183 Å². The minimum Gasteiger partial charge on any atom is -0.508 e. The zero-order valence-corrected chi connectivity index (χ0v) is 34.0. The van der Waals surface area contributed by atoms with Crippen molar-refractivity contribution in [2.45, 2.75) is 45.8 Å². The van der Waals surface area contributed by atoms with Gasteiger partial charge in [-0.25, -0.2) is 4.58 Å². The molecule has 0 saturated heterocycles. The number of hydrogen-bond acceptors (Lipinski definition) is 8. The maximum Gasteiger partial charge on any atom is 0.281 e. The molecule has 0 spiro atoms. The fraction of sp³-hybridized carbons (Fsp3) is 0.179. The number of hydrogen-bond donors (Lipinski definition) is 6. The van der Waals surface area contributed by atoms with Crippen LogP contribution < -0.4 is 41.9 Å². The lowest BCUT2D eigenvalue weighted by atomic mass is 10.1. The number of nitrogens with one attached hydrogen (secondary N) is 4. The number of H-pyrrole nitrogens is 2. The molecule has 0 radical (unpaired) electrons. The minimum atomic E-state index is -3.22. The van der Waals surface area contributed by atoms with Gasteiger partial charge in [0.2, 0.25) is 19.2 Å². The number of aromatic hydroxyl groups is 1. The first-order chi connectivity index (χ1) is 25.3. The van der Waals surface area contributed by atoms with Crippen molar-refractivity contribution in [1.29, 1.82) is 0 Å². The second-order valence-corrected chi connectivity index (χ2v) is 27.6. The number of amides is 2. The Hall–Kier alpha value is -5.59. The molecule has 0 unspecified atom stereocenters. The summed E-state index contributed by atoms with van der Waals surface area (Å²) in [4.78, 5) is 76.6. The highest BCUT2D eigenvalue weighted by Gasteiger charge is 2.37. The van der Waals surface area contributed by atoms with Crippen LogP contribution in [0.15, 0.2) is 101 Å². The Kier molecular flexibility index (Phi) is 10.1. The number of aromatic nitrogens is 2. The van der Waals surface area contributed by atoms with Gasteiger partial charge in [0.1, 0.15) is 16.9 Å². The molecule has 0 bridgehead atoms. The third-order valence-electron chi connectivity index (χ3n) is 9.14. The molecule has 54 heavy (non-hydrogen) atoms. The van der Waals surface area contributed by atoms with E-state index in [1.807, 2.05) is 19.2 Å². The van der Waals surface area contributed by atoms with Crippen molar-refractivity contribution < 1.29 is 29.0 Å². The van der Waals surface area contributed by atoms with Crippen molar-refractivity contribution in [1.82, 2.24) is 9.97 Å². The van der Waals surface area contributed by atoms with Gasteiger partial charge in [-0.15, -0.1) is 0 Å². The van der Waals surface area contributed by atoms with Gasteiger partial charge in [-0.3, -0.25) is 19.2 Å². The molecule has 2 amide bonds. The first-order valence-electron chi connectivity index (χ1n) is 17.3. The summed E-state index contributed by atoms with van der Waals surface area (Å²) >= 11 is 0. The van der Waals surface area contributed by atoms with Crippen LogP contribution in [0.5, 0.6) is 11.5 Å². The molecule has 15 heteroatoms. The van der Waals surface area contributed by atoms with Crippen molar-refractivity contribution in [3.8, 4) is 11.5 Å². The number of aromatic amines is 2. The number of anilines is 2. The predicted octanol–water partition coefficient (Wildman–Crippen LogP) is 4.95. The third-order valence-corrected chi connectivity index (χ3v) is 15.1. The van der Waals surface area contributed by atoms with Crippen LogP contribution in [0.1, 0.15) is 20.7 Å². The molecular formula is C39H42N4O8Si3. The van der Waals surface area contributed by atoms with Crippen molar-refractivity contribution in [3.05, 3.63) is 123 Å². The summed E-state index contributed by atoms with van der Waals surface area (Å²) in [5, 5.41) is 19.1. The normalized spacial score (nSPS) is 12.1. The molecule has 2 aromatic heterocycles. The molecular weight excluding hydrogens is 737 g/mol. The van der Waals surface area contributed by atoms with E-state index in [4.69, 9.17) is 9.46 Å². The molecule has 278 valence electrons. The molecule has 0 fully saturated rings. The fourth-order valence-corrected chi connectivity index (χ4v) is 10.7. The molecule has 2 heterocycles. The number of fused-ring (bicyclic) bond motifs is 2. The van der Waals surface area contributed by atoms with E-state index in [1.165, 1.54) is 18.5 Å². The molecule has 6 rings (SSSR count). The van der Waals surface area contributed by atoms with Gasteiger partial charge >= 0.3 is 0 Å². The number of carbonyl (C=O) groups is 2. The van der Waals surface area contributed by atoms with Gasteiger partial charge in [-0.2, -0.15) is 0 Å². The van der Waals surface area contributed by atoms with Crippen LogP contribution in [0.3, 0.4) is 0 Å². The smallest absolute Gasteiger partial charge is 0.281 e. The van der Waals surface area contributed by atoms with Crippen molar-refractivity contribution >= 4 is 85.3 Å². The van der Waals surface area contributed by atoms with E-state index in [9.17, 15) is 29.1 Å². The van der Waals surface area contributed by atoms with E-state index in [0.717, 1.165) is 5.19 Å². The summed E-state index contributed by atoms with van der Waals surface area (Å²) in [6.45, 7) is 13.4. The first kappa shape index (κ1) is 38.1. The van der Waals surface area contributed by atoms with E-state index in [2.05, 4.69) is 40.2 Å². The standard InChI is InChI=1S/C39H42N4O8Si3/c1-52(2,3)33-17-16-23(42-38(47)26-21-40-28-14-10-8-12-24(28)36(26)45)18-32(33)50-51-54(6,7)34-20-35(53(4,5)49)31(44)19-30(34)43-39(48)27-22-41-29-15-11-9-13-25(29)37(27)46/h8-22,44,49H,1-7H3,(H,40,45)(H,41,46)(H,42,47)(H,43,48). The number of phenols is 1. The Bertz CT molecular complexity index is 2570. The molecule has 4 aromatic carbocycles. The minimum absolute atomic E-state index is 0.0472. The Labute approximate surface area is 314 Å². The average Bonchev–Trinajstić information content (AvgIpc) is 3.10. The van der Waals surface area contributed by atoms with Crippen molar-refractivity contribution in [3.63, 3.8) is 0 Å². The molecule has 6 N–H and O–H groups in total. The monoisotopic (exact) mass is 778 g/mol. The Morgan fingerprint density at radius 3 is 1.74 bits per heavy atom. The summed E-state index contributed by atoms with van der Waals surface area (Å²) in [6.07, 6.45) is 2.74. The maximum absolute atomic E-state index is 13.6. The zero-order valence-electron chi connectivity index (χ0n) is 31.0. The number of rotatable bonds is 10. The summed E-state index contributed by atoms with van der Waals surface area (Å²) in [5.74, 6) is -1.14. The molecule has 12 nitrogen and oxygen atoms in total. The van der Waals surface area contributed by atoms with E-state index >= 15 is 0 Å². The van der Waals surface area contributed by atoms with Crippen LogP contribution in [0.4, 0.5) is 11.4 Å². The van der Waals surface area contributed by atoms with Crippen LogP contribution in [-0.2, 0) is 4.58 Å². The largest absolute Gasteiger partial charge is 0.508 e. The lowest BCUT2D eigenvalue weighted by Crippen LogP contribution is -2.52. The van der Waals surface area contributed by atoms with Gasteiger partial charge < -0.3 is 35.4 Å². The van der Waals surface area contributed by atoms with Crippen LogP contribution in [0.2, 0.25) is 45.8 Å². The third kappa shape index (κ3) is 7.71. The highest BCUT2D eigenvalue weighted by atomic mass is 28.4. The van der Waals surface area contributed by atoms with E-state index in [0.29, 0.717) is 43.6 Å². The number of carbonyl (C=O) groups excluding carboxylic acids is 2. The first-order valence-corrected chi connectivity index (χ1v) is 26.6. The van der Waals surface area contributed by atoms with Crippen molar-refractivity contribution in [2.75, 3.05) is 10.6 Å². The SMILES string of the molecule is C[Si](C)(C)c1ccc(NC(=O)c2c[nH]c3ccccc3c2=O)cc1OO[Si](C)(C)c1cc([Si](C)(C)O)c(O)cc1NC(=O)c1c[nH]c2ccccc2c1=O. The molecule has 0 saturated carbocycles. The Balaban J connectivity index is 1.33. The summed E-state index contributed by atoms with van der Waals surface area (Å²) in [6, 6.07) is 22.1. The van der Waals surface area contributed by atoms with Crippen LogP contribution >= 0.6 is 0 Å². The summed E-state index contributed by atoms with van der Waals surface area (Å²) in [5.41, 5.74) is 0.743. The number of para-hydroxylation sites is 2. The highest BCUT2D eigenvalue weighted by molar-refractivity contribution is 6.89. The van der Waals surface area contributed by atoms with Crippen LogP contribution in [0, 0.1) is 0 Å². The average molecular weight is 779 g/mol. The van der Waals surface area contributed by atoms with Gasteiger partial charge in [-0.1, -0.05) is 56.0 Å².